The molecule has 0 unspecified atom stereocenters. The van der Waals surface area contributed by atoms with Crippen LogP contribution in [0.3, 0.4) is 0 Å². The Kier molecular flexibility index (Phi) is 3.67. The summed E-state index contributed by atoms with van der Waals surface area (Å²) in [4.78, 5) is 25.5. The molecule has 2 aromatic carbocycles. The van der Waals surface area contributed by atoms with E-state index in [9.17, 15) is 9.59 Å². The highest BCUT2D eigenvalue weighted by Crippen LogP contribution is 2.38. The molecule has 0 saturated carbocycles. The summed E-state index contributed by atoms with van der Waals surface area (Å²) in [6.07, 6.45) is 0. The second-order valence-corrected chi connectivity index (χ2v) is 5.03. The van der Waals surface area contributed by atoms with Crippen molar-refractivity contribution >= 4 is 17.3 Å². The van der Waals surface area contributed by atoms with Crippen molar-refractivity contribution in [1.29, 1.82) is 0 Å². The van der Waals surface area contributed by atoms with Gasteiger partial charge in [0.05, 0.1) is 17.9 Å². The van der Waals surface area contributed by atoms with Gasteiger partial charge in [-0.25, -0.2) is 0 Å². The Bertz CT molecular complexity index is 765. The van der Waals surface area contributed by atoms with Gasteiger partial charge in [0.2, 0.25) is 0 Å². The summed E-state index contributed by atoms with van der Waals surface area (Å²) in [5.41, 5.74) is 2.41. The number of anilines is 1. The minimum Gasteiger partial charge on any atom is -0.491 e. The second kappa shape index (κ2) is 5.64. The van der Waals surface area contributed by atoms with Gasteiger partial charge in [0.25, 0.3) is 0 Å². The van der Waals surface area contributed by atoms with Gasteiger partial charge in [-0.3, -0.25) is 9.59 Å². The Morgan fingerprint density at radius 2 is 1.59 bits per heavy atom. The zero-order valence-corrected chi connectivity index (χ0v) is 12.6. The fourth-order valence-electron chi connectivity index (χ4n) is 2.78. The summed E-state index contributed by atoms with van der Waals surface area (Å²) >= 11 is 0. The molecule has 1 aliphatic rings. The topological polar surface area (TPSA) is 55.4 Å². The third-order valence-electron chi connectivity index (χ3n) is 3.70. The highest BCUT2D eigenvalue weighted by molar-refractivity contribution is 6.29. The molecule has 0 atom stereocenters. The van der Waals surface area contributed by atoms with Crippen LogP contribution in [0.1, 0.15) is 45.7 Å². The molecule has 1 N–H and O–H groups in total. The number of rotatable bonds is 4. The van der Waals surface area contributed by atoms with Crippen LogP contribution in [-0.4, -0.2) is 24.7 Å². The minimum absolute atomic E-state index is 0.130. The van der Waals surface area contributed by atoms with E-state index in [1.54, 1.807) is 36.4 Å². The number of benzene rings is 2. The van der Waals surface area contributed by atoms with Crippen molar-refractivity contribution in [1.82, 2.24) is 0 Å². The molecule has 22 heavy (non-hydrogen) atoms. The summed E-state index contributed by atoms with van der Waals surface area (Å²) in [5.74, 6) is 0.178. The van der Waals surface area contributed by atoms with Crippen molar-refractivity contribution in [2.45, 2.75) is 13.8 Å². The summed E-state index contributed by atoms with van der Waals surface area (Å²) in [7, 11) is 0. The van der Waals surface area contributed by atoms with Gasteiger partial charge in [0.1, 0.15) is 0 Å². The SMILES string of the molecule is CCNc1ccc2c(c1OCC)C(=O)c1ccccc1C2=O. The highest BCUT2D eigenvalue weighted by atomic mass is 16.5. The summed E-state index contributed by atoms with van der Waals surface area (Å²) in [6, 6.07) is 10.4. The van der Waals surface area contributed by atoms with Gasteiger partial charge in [-0.05, 0) is 26.0 Å². The predicted octanol–water partition coefficient (Wildman–Crippen LogP) is 3.29. The first-order valence-corrected chi connectivity index (χ1v) is 7.41. The second-order valence-electron chi connectivity index (χ2n) is 5.03. The maximum atomic E-state index is 12.8. The van der Waals surface area contributed by atoms with Crippen LogP contribution in [0, 0.1) is 0 Å². The van der Waals surface area contributed by atoms with Crippen LogP contribution in [0.2, 0.25) is 0 Å². The van der Waals surface area contributed by atoms with E-state index in [1.165, 1.54) is 0 Å². The van der Waals surface area contributed by atoms with Crippen LogP contribution in [0.15, 0.2) is 36.4 Å². The number of hydrogen-bond donors (Lipinski definition) is 1. The summed E-state index contributed by atoms with van der Waals surface area (Å²) in [6.45, 7) is 4.96. The van der Waals surface area contributed by atoms with Gasteiger partial charge in [0, 0.05) is 23.2 Å². The lowest BCUT2D eigenvalue weighted by atomic mass is 9.83. The number of fused-ring (bicyclic) bond motifs is 2. The van der Waals surface area contributed by atoms with Gasteiger partial charge in [-0.15, -0.1) is 0 Å². The Balaban J connectivity index is 2.25. The molecular formula is C18H17NO3. The lowest BCUT2D eigenvalue weighted by molar-refractivity contribution is 0.0976. The van der Waals surface area contributed by atoms with Gasteiger partial charge in [-0.2, -0.15) is 0 Å². The smallest absolute Gasteiger partial charge is 0.198 e. The quantitative estimate of drug-likeness (QED) is 0.802. The normalized spacial score (nSPS) is 12.6. The van der Waals surface area contributed by atoms with Gasteiger partial charge in [-0.1, -0.05) is 24.3 Å². The highest BCUT2D eigenvalue weighted by Gasteiger charge is 2.33. The molecule has 0 heterocycles. The number of carbonyl (C=O) groups excluding carboxylic acids is 2. The largest absolute Gasteiger partial charge is 0.491 e. The van der Waals surface area contributed by atoms with Gasteiger partial charge >= 0.3 is 0 Å². The lowest BCUT2D eigenvalue weighted by Gasteiger charge is -2.22. The first kappa shape index (κ1) is 14.3. The monoisotopic (exact) mass is 295 g/mol. The molecule has 0 radical (unpaired) electrons. The Hall–Kier alpha value is -2.62. The van der Waals surface area contributed by atoms with Crippen molar-refractivity contribution < 1.29 is 14.3 Å². The molecule has 0 aliphatic heterocycles. The standard InChI is InChI=1S/C18H17NO3/c1-3-19-14-10-9-13-15(18(14)22-4-2)17(21)12-8-6-5-7-11(12)16(13)20/h5-10,19H,3-4H2,1-2H3. The molecule has 1 aliphatic carbocycles. The molecule has 0 amide bonds. The average molecular weight is 295 g/mol. The maximum absolute atomic E-state index is 12.8. The molecule has 0 aromatic heterocycles. The zero-order valence-electron chi connectivity index (χ0n) is 12.6. The van der Waals surface area contributed by atoms with Gasteiger partial charge in [0.15, 0.2) is 17.3 Å². The van der Waals surface area contributed by atoms with Crippen LogP contribution < -0.4 is 10.1 Å². The number of carbonyl (C=O) groups is 2. The summed E-state index contributed by atoms with van der Waals surface area (Å²) < 4.78 is 5.69. The predicted molar refractivity (Wildman–Crippen MR) is 85.1 cm³/mol. The first-order chi connectivity index (χ1) is 10.7. The molecular weight excluding hydrogens is 278 g/mol. The van der Waals surface area contributed by atoms with Gasteiger partial charge < -0.3 is 10.1 Å². The molecule has 2 aromatic rings. The van der Waals surface area contributed by atoms with Crippen molar-refractivity contribution in [3.05, 3.63) is 58.7 Å². The van der Waals surface area contributed by atoms with Crippen molar-refractivity contribution in [2.75, 3.05) is 18.5 Å². The lowest BCUT2D eigenvalue weighted by Crippen LogP contribution is -2.22. The van der Waals surface area contributed by atoms with Crippen LogP contribution in [0.25, 0.3) is 0 Å². The van der Waals surface area contributed by atoms with E-state index in [4.69, 9.17) is 4.74 Å². The van der Waals surface area contributed by atoms with E-state index in [-0.39, 0.29) is 11.6 Å². The van der Waals surface area contributed by atoms with Crippen LogP contribution in [0.5, 0.6) is 5.75 Å². The molecule has 4 nitrogen and oxygen atoms in total. The van der Waals surface area contributed by atoms with E-state index in [1.807, 2.05) is 13.8 Å². The van der Waals surface area contributed by atoms with Crippen LogP contribution in [0.4, 0.5) is 5.69 Å². The average Bonchev–Trinajstić information content (AvgIpc) is 2.54. The Morgan fingerprint density at radius 3 is 2.23 bits per heavy atom. The Labute approximate surface area is 129 Å². The third kappa shape index (κ3) is 2.08. The number of ether oxygens (including phenoxy) is 1. The van der Waals surface area contributed by atoms with Crippen LogP contribution >= 0.6 is 0 Å². The molecule has 4 heteroatoms. The van der Waals surface area contributed by atoms with E-state index in [2.05, 4.69) is 5.32 Å². The Morgan fingerprint density at radius 1 is 0.909 bits per heavy atom. The maximum Gasteiger partial charge on any atom is 0.198 e. The van der Waals surface area contributed by atoms with Crippen LogP contribution in [-0.2, 0) is 0 Å². The van der Waals surface area contributed by atoms with E-state index >= 15 is 0 Å². The molecule has 0 bridgehead atoms. The molecule has 0 spiro atoms. The zero-order chi connectivity index (χ0) is 15.7. The minimum atomic E-state index is -0.159. The van der Waals surface area contributed by atoms with E-state index in [0.717, 1.165) is 5.69 Å². The fourth-order valence-corrected chi connectivity index (χ4v) is 2.78. The molecule has 3 rings (SSSR count). The molecule has 112 valence electrons. The number of hydrogen-bond acceptors (Lipinski definition) is 4. The number of nitrogens with one attached hydrogen (secondary N) is 1. The third-order valence-corrected chi connectivity index (χ3v) is 3.70. The first-order valence-electron chi connectivity index (χ1n) is 7.41. The van der Waals surface area contributed by atoms with Crippen molar-refractivity contribution in [2.24, 2.45) is 0 Å². The van der Waals surface area contributed by atoms with Crippen molar-refractivity contribution in [3.8, 4) is 5.75 Å². The number of ketones is 2. The fraction of sp³-hybridized carbons (Fsp3) is 0.222. The van der Waals surface area contributed by atoms with E-state index < -0.39 is 0 Å². The van der Waals surface area contributed by atoms with E-state index in [0.29, 0.717) is 41.2 Å². The molecule has 0 fully saturated rings. The molecule has 0 saturated heterocycles. The summed E-state index contributed by atoms with van der Waals surface area (Å²) in [5, 5.41) is 3.18. The van der Waals surface area contributed by atoms with Crippen molar-refractivity contribution in [3.63, 3.8) is 0 Å².